The molecule has 1 heterocycles. The van der Waals surface area contributed by atoms with Crippen molar-refractivity contribution in [2.24, 2.45) is 5.73 Å². The summed E-state index contributed by atoms with van der Waals surface area (Å²) in [5, 5.41) is 4.16. The quantitative estimate of drug-likeness (QED) is 0.866. The maximum Gasteiger partial charge on any atom is 0.263 e. The number of nitrogens with two attached hydrogens (primary N) is 1. The molecule has 0 spiro atoms. The van der Waals surface area contributed by atoms with Gasteiger partial charge in [-0.3, -0.25) is 4.79 Å². The molecule has 1 aliphatic carbocycles. The lowest BCUT2D eigenvalue weighted by atomic mass is 9.98. The van der Waals surface area contributed by atoms with Crippen molar-refractivity contribution in [1.82, 2.24) is 10.3 Å². The monoisotopic (exact) mass is 339 g/mol. The minimum Gasteiger partial charge on any atom is -0.345 e. The predicted molar refractivity (Wildman–Crippen MR) is 88.3 cm³/mol. The van der Waals surface area contributed by atoms with Gasteiger partial charge in [0, 0.05) is 6.54 Å². The van der Waals surface area contributed by atoms with E-state index in [1.165, 1.54) is 11.3 Å². The van der Waals surface area contributed by atoms with E-state index in [1.54, 1.807) is 6.20 Å². The van der Waals surface area contributed by atoms with Crippen molar-refractivity contribution >= 4 is 42.1 Å². The van der Waals surface area contributed by atoms with Gasteiger partial charge >= 0.3 is 0 Å². The Bertz CT molecular complexity index is 420. The van der Waals surface area contributed by atoms with Gasteiger partial charge in [-0.2, -0.15) is 0 Å². The van der Waals surface area contributed by atoms with Crippen LogP contribution in [0.15, 0.2) is 6.20 Å². The van der Waals surface area contributed by atoms with Crippen LogP contribution in [0.4, 0.5) is 0 Å². The van der Waals surface area contributed by atoms with Crippen LogP contribution in [0.3, 0.4) is 0 Å². The smallest absolute Gasteiger partial charge is 0.263 e. The number of carbonyl (C=O) groups is 1. The third-order valence-electron chi connectivity index (χ3n) is 3.57. The van der Waals surface area contributed by atoms with Crippen LogP contribution < -0.4 is 11.1 Å². The maximum atomic E-state index is 12.2. The molecule has 0 bridgehead atoms. The number of nitrogens with one attached hydrogen (secondary N) is 1. The Morgan fingerprint density at radius 1 is 1.45 bits per heavy atom. The second-order valence-electron chi connectivity index (χ2n) is 5.01. The molecular weight excluding hydrogens is 317 g/mol. The summed E-state index contributed by atoms with van der Waals surface area (Å²) in [7, 11) is 0. The third kappa shape index (κ3) is 4.58. The predicted octanol–water partition coefficient (Wildman–Crippen LogP) is 2.94. The number of hydrogen-bond acceptors (Lipinski definition) is 4. The number of carbonyl (C=O) groups excluding carboxylic acids is 1. The van der Waals surface area contributed by atoms with Gasteiger partial charge in [0.1, 0.15) is 4.88 Å². The van der Waals surface area contributed by atoms with Crippen molar-refractivity contribution in [3.05, 3.63) is 16.1 Å². The molecule has 0 aliphatic heterocycles. The topological polar surface area (TPSA) is 68.0 Å². The molecule has 1 amide bonds. The van der Waals surface area contributed by atoms with E-state index in [1.807, 2.05) is 0 Å². The highest BCUT2D eigenvalue weighted by Crippen LogP contribution is 2.29. The summed E-state index contributed by atoms with van der Waals surface area (Å²) in [6, 6.07) is 0. The summed E-state index contributed by atoms with van der Waals surface area (Å²) in [4.78, 5) is 17.2. The van der Waals surface area contributed by atoms with Crippen LogP contribution in [-0.2, 0) is 6.42 Å². The van der Waals surface area contributed by atoms with E-state index < -0.39 is 0 Å². The van der Waals surface area contributed by atoms with Crippen LogP contribution in [0.1, 0.15) is 53.7 Å². The van der Waals surface area contributed by atoms with Crippen LogP contribution in [0.2, 0.25) is 0 Å². The average molecular weight is 340 g/mol. The molecule has 1 aliphatic rings. The largest absolute Gasteiger partial charge is 0.345 e. The van der Waals surface area contributed by atoms with Crippen LogP contribution in [0.5, 0.6) is 0 Å². The Hall–Kier alpha value is -0.360. The Balaban J connectivity index is 0.00000180. The van der Waals surface area contributed by atoms with Gasteiger partial charge in [0.2, 0.25) is 0 Å². The van der Waals surface area contributed by atoms with E-state index in [0.717, 1.165) is 43.5 Å². The average Bonchev–Trinajstić information content (AvgIpc) is 2.99. The zero-order valence-corrected chi connectivity index (χ0v) is 14.1. The molecule has 0 atom stereocenters. The van der Waals surface area contributed by atoms with E-state index in [-0.39, 0.29) is 36.3 Å². The first-order valence-electron chi connectivity index (χ1n) is 6.66. The molecule has 0 radical (unpaired) electrons. The Morgan fingerprint density at radius 2 is 2.10 bits per heavy atom. The highest BCUT2D eigenvalue weighted by molar-refractivity contribution is 7.13. The van der Waals surface area contributed by atoms with Gasteiger partial charge < -0.3 is 11.1 Å². The highest BCUT2D eigenvalue weighted by Gasteiger charge is 2.34. The van der Waals surface area contributed by atoms with E-state index in [9.17, 15) is 4.79 Å². The van der Waals surface area contributed by atoms with Crippen LogP contribution in [0.25, 0.3) is 0 Å². The molecule has 20 heavy (non-hydrogen) atoms. The SMILES string of the molecule is CCCc1ncc(C(=O)NC2(CN)CCCC2)s1.Cl.Cl. The van der Waals surface area contributed by atoms with Gasteiger partial charge in [0.25, 0.3) is 5.91 Å². The van der Waals surface area contributed by atoms with Crippen LogP contribution in [0, 0.1) is 0 Å². The second kappa shape index (κ2) is 8.82. The number of amides is 1. The van der Waals surface area contributed by atoms with Gasteiger partial charge in [0.15, 0.2) is 0 Å². The number of thiazole rings is 1. The number of halogens is 2. The van der Waals surface area contributed by atoms with Crippen molar-refractivity contribution < 1.29 is 4.79 Å². The Labute approximate surface area is 136 Å². The molecular formula is C13H23Cl2N3OS. The first kappa shape index (κ1) is 19.6. The lowest BCUT2D eigenvalue weighted by Gasteiger charge is -2.28. The van der Waals surface area contributed by atoms with E-state index in [0.29, 0.717) is 11.4 Å². The molecule has 0 unspecified atom stereocenters. The van der Waals surface area contributed by atoms with E-state index >= 15 is 0 Å². The lowest BCUT2D eigenvalue weighted by molar-refractivity contribution is 0.0907. The fraction of sp³-hybridized carbons (Fsp3) is 0.692. The first-order valence-corrected chi connectivity index (χ1v) is 7.48. The van der Waals surface area contributed by atoms with Crippen molar-refractivity contribution in [2.75, 3.05) is 6.54 Å². The molecule has 1 saturated carbocycles. The van der Waals surface area contributed by atoms with Crippen molar-refractivity contribution in [1.29, 1.82) is 0 Å². The summed E-state index contributed by atoms with van der Waals surface area (Å²) in [5.41, 5.74) is 5.65. The van der Waals surface area contributed by atoms with E-state index in [4.69, 9.17) is 5.73 Å². The number of rotatable bonds is 5. The van der Waals surface area contributed by atoms with Crippen LogP contribution in [-0.4, -0.2) is 23.0 Å². The van der Waals surface area contributed by atoms with Gasteiger partial charge in [0.05, 0.1) is 16.7 Å². The zero-order valence-electron chi connectivity index (χ0n) is 11.7. The zero-order chi connectivity index (χ0) is 13.0. The summed E-state index contributed by atoms with van der Waals surface area (Å²) >= 11 is 1.49. The van der Waals surface area contributed by atoms with Gasteiger partial charge in [-0.1, -0.05) is 19.8 Å². The van der Waals surface area contributed by atoms with Crippen molar-refractivity contribution in [3.8, 4) is 0 Å². The number of aromatic nitrogens is 1. The first-order chi connectivity index (χ1) is 8.69. The molecule has 116 valence electrons. The molecule has 1 fully saturated rings. The Morgan fingerprint density at radius 3 is 2.65 bits per heavy atom. The molecule has 4 nitrogen and oxygen atoms in total. The third-order valence-corrected chi connectivity index (χ3v) is 4.63. The minimum absolute atomic E-state index is 0. The molecule has 2 rings (SSSR count). The maximum absolute atomic E-state index is 12.2. The highest BCUT2D eigenvalue weighted by atomic mass is 35.5. The van der Waals surface area contributed by atoms with E-state index in [2.05, 4.69) is 17.2 Å². The van der Waals surface area contributed by atoms with Crippen molar-refractivity contribution in [3.63, 3.8) is 0 Å². The molecule has 1 aromatic rings. The number of aryl methyl sites for hydroxylation is 1. The molecule has 0 saturated heterocycles. The number of hydrogen-bond donors (Lipinski definition) is 2. The fourth-order valence-corrected chi connectivity index (χ4v) is 3.39. The molecule has 0 aromatic carbocycles. The summed E-state index contributed by atoms with van der Waals surface area (Å²) in [5.74, 6) is -0.0118. The fourth-order valence-electron chi connectivity index (χ4n) is 2.48. The molecule has 7 heteroatoms. The molecule has 1 aromatic heterocycles. The number of nitrogens with zero attached hydrogens (tertiary/aromatic N) is 1. The standard InChI is InChI=1S/C13H21N3OS.2ClH/c1-2-5-11-15-8-10(18-11)12(17)16-13(9-14)6-3-4-7-13;;/h8H,2-7,9,14H2,1H3,(H,16,17);2*1H. The summed E-state index contributed by atoms with van der Waals surface area (Å²) in [6.07, 6.45) is 7.99. The summed E-state index contributed by atoms with van der Waals surface area (Å²) in [6.45, 7) is 2.64. The normalized spacial score (nSPS) is 16.1. The van der Waals surface area contributed by atoms with Gasteiger partial charge in [-0.25, -0.2) is 4.98 Å². The van der Waals surface area contributed by atoms with Crippen molar-refractivity contribution in [2.45, 2.75) is 51.0 Å². The minimum atomic E-state index is -0.175. The summed E-state index contributed by atoms with van der Waals surface area (Å²) < 4.78 is 0. The Kier molecular flexibility index (Phi) is 8.66. The lowest BCUT2D eigenvalue weighted by Crippen LogP contribution is -2.51. The van der Waals surface area contributed by atoms with Crippen LogP contribution >= 0.6 is 36.2 Å². The molecule has 3 N–H and O–H groups in total. The van der Waals surface area contributed by atoms with Gasteiger partial charge in [-0.15, -0.1) is 36.2 Å². The van der Waals surface area contributed by atoms with Gasteiger partial charge in [-0.05, 0) is 25.7 Å². The second-order valence-corrected chi connectivity index (χ2v) is 6.13.